The first kappa shape index (κ1) is 16.6. The molecule has 1 aliphatic rings. The molecule has 1 saturated carbocycles. The molecule has 0 saturated heterocycles. The van der Waals surface area contributed by atoms with Crippen LogP contribution in [0.5, 0.6) is 0 Å². The lowest BCUT2D eigenvalue weighted by molar-refractivity contribution is -0.119. The van der Waals surface area contributed by atoms with Crippen molar-refractivity contribution in [2.24, 2.45) is 0 Å². The van der Waals surface area contributed by atoms with Gasteiger partial charge in [0.05, 0.1) is 11.5 Å². The lowest BCUT2D eigenvalue weighted by atomic mass is 10.2. The van der Waals surface area contributed by atoms with Gasteiger partial charge in [-0.1, -0.05) is 24.6 Å². The maximum Gasteiger partial charge on any atom is 0.321 e. The monoisotopic (exact) mass is 350 g/mol. The summed E-state index contributed by atoms with van der Waals surface area (Å²) in [5.74, 6) is 0.296. The molecule has 2 N–H and O–H groups in total. The van der Waals surface area contributed by atoms with E-state index in [1.807, 2.05) is 0 Å². The van der Waals surface area contributed by atoms with Crippen molar-refractivity contribution in [3.8, 4) is 11.7 Å². The molecule has 0 bridgehead atoms. The minimum absolute atomic E-state index is 0.160. The van der Waals surface area contributed by atoms with E-state index in [4.69, 9.17) is 8.83 Å². The van der Waals surface area contributed by atoms with Crippen molar-refractivity contribution in [1.29, 1.82) is 0 Å². The Labute approximate surface area is 142 Å². The number of hydrogen-bond donors (Lipinski definition) is 2. The molecule has 2 aromatic rings. The smallest absolute Gasteiger partial charge is 0.321 e. The number of nitrogens with one attached hydrogen (secondary N) is 2. The van der Waals surface area contributed by atoms with E-state index in [0.29, 0.717) is 5.76 Å². The number of imide groups is 1. The first-order chi connectivity index (χ1) is 11.6. The SMILES string of the molecule is C[C@@H](Sc1nnc(-c2ccco2)o1)C(=O)NC(=O)NC1CCCC1. The van der Waals surface area contributed by atoms with Gasteiger partial charge in [0, 0.05) is 6.04 Å². The summed E-state index contributed by atoms with van der Waals surface area (Å²) in [4.78, 5) is 23.9. The topological polar surface area (TPSA) is 110 Å². The maximum atomic E-state index is 12.1. The number of furan rings is 1. The van der Waals surface area contributed by atoms with E-state index in [1.54, 1.807) is 19.1 Å². The van der Waals surface area contributed by atoms with Crippen LogP contribution in [0.2, 0.25) is 0 Å². The Morgan fingerprint density at radius 1 is 1.33 bits per heavy atom. The largest absolute Gasteiger partial charge is 0.459 e. The molecule has 24 heavy (non-hydrogen) atoms. The Morgan fingerprint density at radius 2 is 2.12 bits per heavy atom. The Kier molecular flexibility index (Phi) is 5.19. The molecule has 0 radical (unpaired) electrons. The van der Waals surface area contributed by atoms with Gasteiger partial charge in [0.1, 0.15) is 0 Å². The third-order valence-electron chi connectivity index (χ3n) is 3.71. The molecule has 128 valence electrons. The minimum atomic E-state index is -0.552. The van der Waals surface area contributed by atoms with Crippen molar-refractivity contribution < 1.29 is 18.4 Å². The van der Waals surface area contributed by atoms with E-state index in [9.17, 15) is 9.59 Å². The van der Waals surface area contributed by atoms with Gasteiger partial charge in [-0.2, -0.15) is 0 Å². The molecule has 8 nitrogen and oxygen atoms in total. The summed E-state index contributed by atoms with van der Waals surface area (Å²) < 4.78 is 10.6. The molecular formula is C15H18N4O4S. The maximum absolute atomic E-state index is 12.1. The molecule has 2 aromatic heterocycles. The molecule has 3 rings (SSSR count). The summed E-state index contributed by atoms with van der Waals surface area (Å²) in [7, 11) is 0. The normalized spacial score (nSPS) is 16.0. The number of nitrogens with zero attached hydrogens (tertiary/aromatic N) is 2. The number of hydrogen-bond acceptors (Lipinski definition) is 7. The Balaban J connectivity index is 1.49. The fourth-order valence-electron chi connectivity index (χ4n) is 2.47. The van der Waals surface area contributed by atoms with Crippen molar-refractivity contribution >= 4 is 23.7 Å². The van der Waals surface area contributed by atoms with Gasteiger partial charge in [-0.25, -0.2) is 4.79 Å². The summed E-state index contributed by atoms with van der Waals surface area (Å²) in [5.41, 5.74) is 0. The number of amides is 3. The molecule has 2 heterocycles. The van der Waals surface area contributed by atoms with Gasteiger partial charge in [-0.15, -0.1) is 10.2 Å². The molecule has 9 heteroatoms. The van der Waals surface area contributed by atoms with Gasteiger partial charge < -0.3 is 14.2 Å². The molecule has 0 unspecified atom stereocenters. The van der Waals surface area contributed by atoms with Gasteiger partial charge in [0.15, 0.2) is 5.76 Å². The van der Waals surface area contributed by atoms with Gasteiger partial charge in [-0.3, -0.25) is 10.1 Å². The lowest BCUT2D eigenvalue weighted by Gasteiger charge is -2.13. The van der Waals surface area contributed by atoms with Crippen LogP contribution in [0, 0.1) is 0 Å². The van der Waals surface area contributed by atoms with Crippen LogP contribution in [-0.2, 0) is 4.79 Å². The fourth-order valence-corrected chi connectivity index (χ4v) is 3.15. The van der Waals surface area contributed by atoms with Crippen molar-refractivity contribution in [1.82, 2.24) is 20.8 Å². The third-order valence-corrected chi connectivity index (χ3v) is 4.65. The first-order valence-corrected chi connectivity index (χ1v) is 8.65. The molecule has 3 amide bonds. The highest BCUT2D eigenvalue weighted by atomic mass is 32.2. The van der Waals surface area contributed by atoms with Gasteiger partial charge >= 0.3 is 6.03 Å². The highest BCUT2D eigenvalue weighted by molar-refractivity contribution is 8.00. The minimum Gasteiger partial charge on any atom is -0.459 e. The summed E-state index contributed by atoms with van der Waals surface area (Å²) in [6.45, 7) is 1.67. The summed E-state index contributed by atoms with van der Waals surface area (Å²) >= 11 is 1.08. The zero-order valence-corrected chi connectivity index (χ0v) is 14.0. The zero-order chi connectivity index (χ0) is 16.9. The van der Waals surface area contributed by atoms with Crippen LogP contribution in [0.3, 0.4) is 0 Å². The molecule has 0 aliphatic heterocycles. The highest BCUT2D eigenvalue weighted by Gasteiger charge is 2.23. The summed E-state index contributed by atoms with van der Waals surface area (Å²) in [6, 6.07) is 3.12. The van der Waals surface area contributed by atoms with Crippen LogP contribution in [0.15, 0.2) is 32.5 Å². The Hall–Kier alpha value is -2.29. The van der Waals surface area contributed by atoms with Crippen LogP contribution >= 0.6 is 11.8 Å². The summed E-state index contributed by atoms with van der Waals surface area (Å²) in [6.07, 6.45) is 5.65. The van der Waals surface area contributed by atoms with Crippen molar-refractivity contribution in [2.75, 3.05) is 0 Å². The van der Waals surface area contributed by atoms with Crippen LogP contribution in [0.4, 0.5) is 4.79 Å². The van der Waals surface area contributed by atoms with Crippen molar-refractivity contribution in [3.63, 3.8) is 0 Å². The van der Waals surface area contributed by atoms with E-state index in [1.165, 1.54) is 6.26 Å². The number of thioether (sulfide) groups is 1. The summed E-state index contributed by atoms with van der Waals surface area (Å²) in [5, 5.41) is 12.6. The van der Waals surface area contributed by atoms with E-state index in [0.717, 1.165) is 37.4 Å². The van der Waals surface area contributed by atoms with Crippen LogP contribution in [0.1, 0.15) is 32.6 Å². The third kappa shape index (κ3) is 4.16. The second-order valence-electron chi connectivity index (χ2n) is 5.55. The molecular weight excluding hydrogens is 332 g/mol. The average Bonchev–Trinajstić information content (AvgIpc) is 3.29. The highest BCUT2D eigenvalue weighted by Crippen LogP contribution is 2.26. The predicted molar refractivity (Wildman–Crippen MR) is 86.2 cm³/mol. The van der Waals surface area contributed by atoms with Crippen LogP contribution in [0.25, 0.3) is 11.7 Å². The van der Waals surface area contributed by atoms with E-state index < -0.39 is 17.2 Å². The van der Waals surface area contributed by atoms with E-state index in [2.05, 4.69) is 20.8 Å². The predicted octanol–water partition coefficient (Wildman–Crippen LogP) is 2.58. The number of carbonyl (C=O) groups is 2. The van der Waals surface area contributed by atoms with Crippen LogP contribution in [-0.4, -0.2) is 33.4 Å². The Morgan fingerprint density at radius 3 is 2.83 bits per heavy atom. The molecule has 1 atom stereocenters. The quantitative estimate of drug-likeness (QED) is 0.797. The molecule has 1 aliphatic carbocycles. The number of urea groups is 1. The van der Waals surface area contributed by atoms with Gasteiger partial charge in [0.2, 0.25) is 5.91 Å². The standard InChI is InChI=1S/C15H18N4O4S/c1-9(12(20)17-14(21)16-10-5-2-3-6-10)24-15-19-18-13(23-15)11-7-4-8-22-11/h4,7-10H,2-3,5-6H2,1H3,(H2,16,17,20,21)/t9-/m1/s1. The number of rotatable bonds is 5. The average molecular weight is 350 g/mol. The second-order valence-corrected chi connectivity index (χ2v) is 6.85. The lowest BCUT2D eigenvalue weighted by Crippen LogP contribution is -2.45. The van der Waals surface area contributed by atoms with Gasteiger partial charge in [-0.05, 0) is 31.9 Å². The van der Waals surface area contributed by atoms with Gasteiger partial charge in [0.25, 0.3) is 11.1 Å². The van der Waals surface area contributed by atoms with E-state index in [-0.39, 0.29) is 17.2 Å². The van der Waals surface area contributed by atoms with Crippen molar-refractivity contribution in [2.45, 2.75) is 49.1 Å². The van der Waals surface area contributed by atoms with E-state index >= 15 is 0 Å². The number of carbonyl (C=O) groups excluding carboxylic acids is 2. The first-order valence-electron chi connectivity index (χ1n) is 7.77. The number of aromatic nitrogens is 2. The second kappa shape index (κ2) is 7.52. The molecule has 0 aromatic carbocycles. The van der Waals surface area contributed by atoms with Crippen molar-refractivity contribution in [3.05, 3.63) is 18.4 Å². The fraction of sp³-hybridized carbons (Fsp3) is 0.467. The van der Waals surface area contributed by atoms with Crippen LogP contribution < -0.4 is 10.6 Å². The molecule has 1 fully saturated rings. The Bertz CT molecular complexity index is 694. The molecule has 0 spiro atoms. The zero-order valence-electron chi connectivity index (χ0n) is 13.2.